The third-order valence-electron chi connectivity index (χ3n) is 5.49. The van der Waals surface area contributed by atoms with E-state index >= 15 is 0 Å². The summed E-state index contributed by atoms with van der Waals surface area (Å²) in [6.07, 6.45) is 0. The van der Waals surface area contributed by atoms with Gasteiger partial charge in [0.2, 0.25) is 20.0 Å². The second-order valence-electron chi connectivity index (χ2n) is 7.33. The molecule has 0 aromatic heterocycles. The van der Waals surface area contributed by atoms with Crippen molar-refractivity contribution < 1.29 is 21.2 Å². The molecule has 0 bridgehead atoms. The van der Waals surface area contributed by atoms with Crippen molar-refractivity contribution in [3.05, 3.63) is 59.9 Å². The molecule has 31 heavy (non-hydrogen) atoms. The molecule has 0 N–H and O–H groups in total. The maximum atomic E-state index is 13.9. The van der Waals surface area contributed by atoms with E-state index in [4.69, 9.17) is 0 Å². The fourth-order valence-corrected chi connectivity index (χ4v) is 6.52. The summed E-state index contributed by atoms with van der Waals surface area (Å²) >= 11 is 0. The molecule has 3 rings (SSSR count). The van der Waals surface area contributed by atoms with Crippen molar-refractivity contribution in [1.29, 1.82) is 0 Å². The average Bonchev–Trinajstić information content (AvgIpc) is 2.76. The Hall–Kier alpha value is -1.85. The molecule has 2 aromatic rings. The van der Waals surface area contributed by atoms with Gasteiger partial charge in [-0.3, -0.25) is 4.90 Å². The monoisotopic (exact) mass is 469 g/mol. The molecule has 7 nitrogen and oxygen atoms in total. The average molecular weight is 470 g/mol. The third kappa shape index (κ3) is 5.15. The summed E-state index contributed by atoms with van der Waals surface area (Å²) < 4.78 is 67.8. The molecule has 1 saturated heterocycles. The molecule has 170 valence electrons. The number of benzene rings is 2. The second-order valence-corrected chi connectivity index (χ2v) is 11.2. The van der Waals surface area contributed by atoms with Crippen molar-refractivity contribution in [2.45, 2.75) is 30.2 Å². The zero-order valence-corrected chi connectivity index (χ0v) is 19.4. The van der Waals surface area contributed by atoms with Gasteiger partial charge in [-0.2, -0.15) is 8.61 Å². The lowest BCUT2D eigenvalue weighted by atomic mass is 10.2. The highest BCUT2D eigenvalue weighted by atomic mass is 32.2. The van der Waals surface area contributed by atoms with Crippen LogP contribution in [0.4, 0.5) is 4.39 Å². The lowest BCUT2D eigenvalue weighted by Crippen LogP contribution is -2.48. The van der Waals surface area contributed by atoms with E-state index in [0.717, 1.165) is 0 Å². The van der Waals surface area contributed by atoms with Gasteiger partial charge in [-0.15, -0.1) is 0 Å². The van der Waals surface area contributed by atoms with E-state index in [-0.39, 0.29) is 28.7 Å². The van der Waals surface area contributed by atoms with Gasteiger partial charge in [0.25, 0.3) is 0 Å². The van der Waals surface area contributed by atoms with Crippen molar-refractivity contribution in [2.75, 3.05) is 39.3 Å². The third-order valence-corrected chi connectivity index (χ3v) is 9.46. The van der Waals surface area contributed by atoms with Crippen LogP contribution in [0.1, 0.15) is 19.4 Å². The predicted octanol–water partition coefficient (Wildman–Crippen LogP) is 2.36. The fraction of sp³-hybridized carbons (Fsp3) is 0.429. The fourth-order valence-electron chi connectivity index (χ4n) is 3.64. The number of piperazine rings is 1. The minimum absolute atomic E-state index is 0.0635. The predicted molar refractivity (Wildman–Crippen MR) is 117 cm³/mol. The van der Waals surface area contributed by atoms with Crippen molar-refractivity contribution in [1.82, 2.24) is 13.5 Å². The number of hydrogen-bond donors (Lipinski definition) is 0. The lowest BCUT2D eigenvalue weighted by molar-refractivity contribution is 0.180. The minimum atomic E-state index is -3.74. The normalized spacial score (nSPS) is 16.6. The molecule has 1 fully saturated rings. The summed E-state index contributed by atoms with van der Waals surface area (Å²) in [5.74, 6) is -0.266. The lowest BCUT2D eigenvalue weighted by Gasteiger charge is -2.34. The van der Waals surface area contributed by atoms with Crippen LogP contribution in [-0.4, -0.2) is 69.6 Å². The molecule has 1 aliphatic heterocycles. The Labute approximate surface area is 184 Å². The summed E-state index contributed by atoms with van der Waals surface area (Å²) in [5, 5.41) is 0. The van der Waals surface area contributed by atoms with Crippen LogP contribution in [0.3, 0.4) is 0 Å². The van der Waals surface area contributed by atoms with Crippen molar-refractivity contribution in [3.63, 3.8) is 0 Å². The van der Waals surface area contributed by atoms with Gasteiger partial charge in [-0.25, -0.2) is 21.2 Å². The zero-order valence-electron chi connectivity index (χ0n) is 17.7. The summed E-state index contributed by atoms with van der Waals surface area (Å²) in [7, 11) is -7.38. The van der Waals surface area contributed by atoms with Crippen LogP contribution in [0.2, 0.25) is 0 Å². The van der Waals surface area contributed by atoms with Crippen LogP contribution < -0.4 is 0 Å². The summed E-state index contributed by atoms with van der Waals surface area (Å²) in [4.78, 5) is 2.16. The quantitative estimate of drug-likeness (QED) is 0.593. The van der Waals surface area contributed by atoms with Crippen molar-refractivity contribution in [3.8, 4) is 0 Å². The number of rotatable bonds is 8. The Morgan fingerprint density at radius 2 is 1.39 bits per heavy atom. The molecule has 1 aliphatic rings. The van der Waals surface area contributed by atoms with Crippen molar-refractivity contribution in [2.24, 2.45) is 0 Å². The van der Waals surface area contributed by atoms with Crippen LogP contribution >= 0.6 is 0 Å². The highest BCUT2D eigenvalue weighted by molar-refractivity contribution is 7.89. The molecule has 0 atom stereocenters. The highest BCUT2D eigenvalue weighted by Gasteiger charge is 2.29. The van der Waals surface area contributed by atoms with Crippen molar-refractivity contribution >= 4 is 20.0 Å². The maximum absolute atomic E-state index is 13.9. The highest BCUT2D eigenvalue weighted by Crippen LogP contribution is 2.22. The summed E-state index contributed by atoms with van der Waals surface area (Å²) in [6, 6.07) is 11.9. The Balaban J connectivity index is 1.68. The molecule has 0 spiro atoms. The molecular weight excluding hydrogens is 441 g/mol. The van der Waals surface area contributed by atoms with Gasteiger partial charge in [0.1, 0.15) is 5.82 Å². The van der Waals surface area contributed by atoms with E-state index in [1.807, 2.05) is 4.90 Å². The number of halogens is 1. The number of nitrogens with zero attached hydrogens (tertiary/aromatic N) is 3. The first-order chi connectivity index (χ1) is 14.7. The Morgan fingerprint density at radius 3 is 1.94 bits per heavy atom. The first-order valence-corrected chi connectivity index (χ1v) is 13.1. The van der Waals surface area contributed by atoms with Crippen LogP contribution in [0.15, 0.2) is 58.3 Å². The van der Waals surface area contributed by atoms with E-state index in [1.165, 1.54) is 38.9 Å². The van der Waals surface area contributed by atoms with Gasteiger partial charge >= 0.3 is 0 Å². The standard InChI is InChI=1S/C21H28FN3O4S2/c1-3-24(4-2)30(26,27)19-9-11-20(12-10-19)31(28,29)25-15-13-23(14-16-25)17-18-7-5-6-8-21(18)22/h5-12H,3-4,13-17H2,1-2H3. The molecule has 0 unspecified atom stereocenters. The van der Waals surface area contributed by atoms with Gasteiger partial charge in [0.15, 0.2) is 0 Å². The number of hydrogen-bond acceptors (Lipinski definition) is 5. The maximum Gasteiger partial charge on any atom is 0.243 e. The van der Waals surface area contributed by atoms with Crippen LogP contribution in [0, 0.1) is 5.82 Å². The molecule has 0 aliphatic carbocycles. The summed E-state index contributed by atoms with van der Waals surface area (Å²) in [6.45, 7) is 6.18. The van der Waals surface area contributed by atoms with E-state index < -0.39 is 20.0 Å². The largest absolute Gasteiger partial charge is 0.296 e. The molecular formula is C21H28FN3O4S2. The van der Waals surface area contributed by atoms with Crippen LogP contribution in [0.5, 0.6) is 0 Å². The first-order valence-electron chi connectivity index (χ1n) is 10.3. The topological polar surface area (TPSA) is 78.0 Å². The van der Waals surface area contributed by atoms with Gasteiger partial charge in [0, 0.05) is 51.4 Å². The molecule has 10 heteroatoms. The Bertz CT molecular complexity index is 1090. The van der Waals surface area contributed by atoms with E-state index in [0.29, 0.717) is 38.3 Å². The molecule has 2 aromatic carbocycles. The molecule has 1 heterocycles. The molecule has 0 amide bonds. The first kappa shape index (κ1) is 23.8. The van der Waals surface area contributed by atoms with Crippen LogP contribution in [0.25, 0.3) is 0 Å². The Kier molecular flexibility index (Phi) is 7.48. The number of sulfonamides is 2. The van der Waals surface area contributed by atoms with Gasteiger partial charge in [0.05, 0.1) is 9.79 Å². The van der Waals surface area contributed by atoms with E-state index in [9.17, 15) is 21.2 Å². The SMILES string of the molecule is CCN(CC)S(=O)(=O)c1ccc(S(=O)(=O)N2CCN(Cc3ccccc3F)CC2)cc1. The zero-order chi connectivity index (χ0) is 22.6. The van der Waals surface area contributed by atoms with E-state index in [1.54, 1.807) is 32.0 Å². The summed E-state index contributed by atoms with van der Waals surface area (Å²) in [5.41, 5.74) is 0.587. The smallest absolute Gasteiger partial charge is 0.243 e. The second kappa shape index (κ2) is 9.74. The van der Waals surface area contributed by atoms with Gasteiger partial charge < -0.3 is 0 Å². The van der Waals surface area contributed by atoms with Crippen LogP contribution in [-0.2, 0) is 26.6 Å². The minimum Gasteiger partial charge on any atom is -0.296 e. The Morgan fingerprint density at radius 1 is 0.839 bits per heavy atom. The van der Waals surface area contributed by atoms with E-state index in [2.05, 4.69) is 0 Å². The molecule has 0 radical (unpaired) electrons. The van der Waals surface area contributed by atoms with Gasteiger partial charge in [-0.1, -0.05) is 32.0 Å². The van der Waals surface area contributed by atoms with Gasteiger partial charge in [-0.05, 0) is 30.3 Å². The molecule has 0 saturated carbocycles.